The fourth-order valence-electron chi connectivity index (χ4n) is 6.94. The Kier molecular flexibility index (Phi) is 7.62. The van der Waals surface area contributed by atoms with Gasteiger partial charge in [0.2, 0.25) is 0 Å². The van der Waals surface area contributed by atoms with E-state index in [1.165, 1.54) is 41.9 Å². The van der Waals surface area contributed by atoms with E-state index in [2.05, 4.69) is 177 Å². The number of rotatable bonds is 4. The van der Waals surface area contributed by atoms with Crippen molar-refractivity contribution in [2.75, 3.05) is 0 Å². The third kappa shape index (κ3) is 5.49. The molecule has 4 aromatic carbocycles. The van der Waals surface area contributed by atoms with Gasteiger partial charge < -0.3 is 0 Å². The predicted molar refractivity (Wildman–Crippen MR) is 213 cm³/mol. The van der Waals surface area contributed by atoms with Crippen molar-refractivity contribution >= 4 is 58.4 Å². The molecule has 0 unspecified atom stereocenters. The SMILES string of the molecule is Cc1ccc(-c2c3nc(c(-c4ccccc4)c4ccc([se]4)c(-c4ccccc4)c4nc(c(-c5ccc(C)cc5)c5ccc2[nH]5)C=C4)C=C3)cc1. The van der Waals surface area contributed by atoms with Gasteiger partial charge in [0.05, 0.1) is 0 Å². The normalized spacial score (nSPS) is 12.0. The molecule has 0 amide bonds. The molecule has 0 radical (unpaired) electrons. The minimum absolute atomic E-state index is 0.0181. The Balaban J connectivity index is 1.48. The monoisotopic (exact) mass is 707 g/mol. The topological polar surface area (TPSA) is 41.6 Å². The zero-order chi connectivity index (χ0) is 33.6. The molecule has 0 spiro atoms. The summed E-state index contributed by atoms with van der Waals surface area (Å²) in [6, 6.07) is 47.9. The average molecular weight is 707 g/mol. The van der Waals surface area contributed by atoms with Crippen molar-refractivity contribution in [1.82, 2.24) is 15.0 Å². The number of benzene rings is 4. The molecule has 3 nitrogen and oxygen atoms in total. The number of aryl methyl sites for hydroxylation is 2. The van der Waals surface area contributed by atoms with Gasteiger partial charge in [-0.15, -0.1) is 0 Å². The summed E-state index contributed by atoms with van der Waals surface area (Å²) in [4.78, 5) is 14.7. The summed E-state index contributed by atoms with van der Waals surface area (Å²) in [5.41, 5.74) is 17.5. The van der Waals surface area contributed by atoms with Gasteiger partial charge in [-0.2, -0.15) is 0 Å². The first-order valence-electron chi connectivity index (χ1n) is 16.9. The Bertz CT molecular complexity index is 2440. The molecule has 7 aromatic rings. The number of hydrogen-bond acceptors (Lipinski definition) is 2. The number of nitrogens with zero attached hydrogens (tertiary/aromatic N) is 2. The van der Waals surface area contributed by atoms with E-state index < -0.39 is 0 Å². The summed E-state index contributed by atoms with van der Waals surface area (Å²) >= 11 is 0.0181. The summed E-state index contributed by atoms with van der Waals surface area (Å²) in [6.07, 6.45) is 8.75. The molecule has 50 heavy (non-hydrogen) atoms. The van der Waals surface area contributed by atoms with E-state index in [0.29, 0.717) is 0 Å². The van der Waals surface area contributed by atoms with Crippen molar-refractivity contribution in [2.45, 2.75) is 13.8 Å². The Hall–Kier alpha value is -5.80. The van der Waals surface area contributed by atoms with E-state index in [-0.39, 0.29) is 14.5 Å². The zero-order valence-corrected chi connectivity index (χ0v) is 29.5. The third-order valence-electron chi connectivity index (χ3n) is 9.43. The van der Waals surface area contributed by atoms with Crippen LogP contribution in [0.1, 0.15) is 33.9 Å². The molecule has 8 bridgehead atoms. The van der Waals surface area contributed by atoms with Gasteiger partial charge in [0.15, 0.2) is 0 Å². The van der Waals surface area contributed by atoms with Crippen LogP contribution in [0.25, 0.3) is 88.4 Å². The quantitative estimate of drug-likeness (QED) is 0.185. The number of H-pyrrole nitrogens is 1. The molecule has 0 aliphatic carbocycles. The summed E-state index contributed by atoms with van der Waals surface area (Å²) in [7, 11) is 0. The van der Waals surface area contributed by atoms with Crippen LogP contribution < -0.4 is 0 Å². The van der Waals surface area contributed by atoms with E-state index in [1.54, 1.807) is 0 Å². The van der Waals surface area contributed by atoms with Gasteiger partial charge in [-0.3, -0.25) is 0 Å². The Labute approximate surface area is 297 Å². The van der Waals surface area contributed by atoms with E-state index in [1.807, 2.05) is 0 Å². The van der Waals surface area contributed by atoms with Crippen LogP contribution >= 0.6 is 0 Å². The molecule has 2 aliphatic rings. The molecular weight excluding hydrogens is 673 g/mol. The van der Waals surface area contributed by atoms with Crippen LogP contribution in [-0.2, 0) is 0 Å². The van der Waals surface area contributed by atoms with E-state index in [4.69, 9.17) is 9.97 Å². The van der Waals surface area contributed by atoms with Gasteiger partial charge in [-0.05, 0) is 0 Å². The molecule has 0 fully saturated rings. The predicted octanol–water partition coefficient (Wildman–Crippen LogP) is 11.7. The summed E-state index contributed by atoms with van der Waals surface area (Å²) in [5.74, 6) is 0. The number of nitrogens with one attached hydrogen (secondary N) is 1. The van der Waals surface area contributed by atoms with Gasteiger partial charge in [0.1, 0.15) is 0 Å². The number of hydrogen-bond donors (Lipinski definition) is 1. The molecule has 0 saturated carbocycles. The Morgan fingerprint density at radius 1 is 0.380 bits per heavy atom. The molecule has 238 valence electrons. The van der Waals surface area contributed by atoms with Crippen LogP contribution in [-0.4, -0.2) is 29.5 Å². The van der Waals surface area contributed by atoms with Crippen LogP contribution in [0.3, 0.4) is 0 Å². The maximum absolute atomic E-state index is 5.43. The van der Waals surface area contributed by atoms with Gasteiger partial charge in [0, 0.05) is 0 Å². The molecule has 0 saturated heterocycles. The Morgan fingerprint density at radius 3 is 1.14 bits per heavy atom. The second-order valence-electron chi connectivity index (χ2n) is 12.8. The number of fused-ring (bicyclic) bond motifs is 8. The second kappa shape index (κ2) is 12.6. The van der Waals surface area contributed by atoms with Crippen LogP contribution in [0, 0.1) is 13.8 Å². The average Bonchev–Trinajstić information content (AvgIpc) is 3.98. The summed E-state index contributed by atoms with van der Waals surface area (Å²) in [5, 5.41) is 0. The number of aromatic nitrogens is 3. The van der Waals surface area contributed by atoms with Crippen LogP contribution in [0.2, 0.25) is 0 Å². The Morgan fingerprint density at radius 2 is 0.740 bits per heavy atom. The van der Waals surface area contributed by atoms with Crippen molar-refractivity contribution < 1.29 is 0 Å². The molecule has 9 rings (SSSR count). The van der Waals surface area contributed by atoms with Gasteiger partial charge in [-0.25, -0.2) is 0 Å². The standard InChI is InChI=1S/C46H33N3Se/c1-29-13-17-33(18-14-29)43-35-21-22-36(47-35)44(34-19-15-30(2)16-20-34)38-24-26-40(49-38)46(32-11-7-4-8-12-32)42-28-27-41(50-42)45(31-9-5-3-6-10-31)39-25-23-37(43)48-39/h3-28,47H,1-2H3. The molecule has 4 heteroatoms. The van der Waals surface area contributed by atoms with Gasteiger partial charge >= 0.3 is 299 Å². The third-order valence-corrected chi connectivity index (χ3v) is 11.8. The molecule has 5 heterocycles. The number of aromatic amines is 1. The summed E-state index contributed by atoms with van der Waals surface area (Å²) < 4.78 is 2.61. The molecule has 2 aliphatic heterocycles. The van der Waals surface area contributed by atoms with Gasteiger partial charge in [0.25, 0.3) is 0 Å². The first-order chi connectivity index (χ1) is 24.6. The van der Waals surface area contributed by atoms with E-state index in [9.17, 15) is 0 Å². The van der Waals surface area contributed by atoms with E-state index in [0.717, 1.165) is 56.1 Å². The summed E-state index contributed by atoms with van der Waals surface area (Å²) in [6.45, 7) is 4.26. The molecule has 1 N–H and O–H groups in total. The van der Waals surface area contributed by atoms with Gasteiger partial charge in [-0.1, -0.05) is 0 Å². The van der Waals surface area contributed by atoms with Crippen molar-refractivity contribution in [1.29, 1.82) is 0 Å². The first kappa shape index (κ1) is 30.3. The molecule has 3 aromatic heterocycles. The van der Waals surface area contributed by atoms with Crippen LogP contribution in [0.4, 0.5) is 0 Å². The molecule has 0 atom stereocenters. The van der Waals surface area contributed by atoms with E-state index >= 15 is 0 Å². The zero-order valence-electron chi connectivity index (χ0n) is 27.8. The first-order valence-corrected chi connectivity index (χ1v) is 18.6. The van der Waals surface area contributed by atoms with Crippen LogP contribution in [0.15, 0.2) is 133 Å². The van der Waals surface area contributed by atoms with Crippen molar-refractivity contribution in [3.05, 3.63) is 167 Å². The fraction of sp³-hybridized carbons (Fsp3) is 0.0435. The fourth-order valence-corrected chi connectivity index (χ4v) is 9.37. The van der Waals surface area contributed by atoms with Crippen LogP contribution in [0.5, 0.6) is 0 Å². The van der Waals surface area contributed by atoms with Crippen molar-refractivity contribution in [3.63, 3.8) is 0 Å². The van der Waals surface area contributed by atoms with Crippen molar-refractivity contribution in [3.8, 4) is 44.5 Å². The second-order valence-corrected chi connectivity index (χ2v) is 15.1. The minimum atomic E-state index is 0.0181. The van der Waals surface area contributed by atoms with Crippen molar-refractivity contribution in [2.24, 2.45) is 0 Å². The molecular formula is C46H33N3Se. The maximum atomic E-state index is 5.43.